The summed E-state index contributed by atoms with van der Waals surface area (Å²) in [6, 6.07) is 5.64. The van der Waals surface area contributed by atoms with Gasteiger partial charge in [0, 0.05) is 6.54 Å². The minimum atomic E-state index is -4.58. The van der Waals surface area contributed by atoms with Crippen molar-refractivity contribution in [2.45, 2.75) is 50.0 Å². The van der Waals surface area contributed by atoms with Crippen LogP contribution in [0.3, 0.4) is 0 Å². The van der Waals surface area contributed by atoms with E-state index in [2.05, 4.69) is 11.1 Å². The molecular formula is C21H23F3N4O3S. The van der Waals surface area contributed by atoms with Crippen molar-refractivity contribution in [3.8, 4) is 0 Å². The molecule has 0 radical (unpaired) electrons. The number of amides is 3. The SMILES string of the molecule is O=C(CSc1nc2ccccc2c(=O)n1CCC1=CCCCC1)NC(=O)NCC(F)(F)F. The Balaban J connectivity index is 1.71. The summed E-state index contributed by atoms with van der Waals surface area (Å²) in [4.78, 5) is 41.0. The van der Waals surface area contributed by atoms with Gasteiger partial charge in [0.15, 0.2) is 5.16 Å². The smallest absolute Gasteiger partial charge is 0.329 e. The summed E-state index contributed by atoms with van der Waals surface area (Å²) < 4.78 is 38.0. The average molecular weight is 469 g/mol. The first-order valence-corrected chi connectivity index (χ1v) is 11.2. The summed E-state index contributed by atoms with van der Waals surface area (Å²) in [6.45, 7) is -1.14. The summed E-state index contributed by atoms with van der Waals surface area (Å²) in [7, 11) is 0. The summed E-state index contributed by atoms with van der Waals surface area (Å²) in [5, 5.41) is 4.19. The van der Waals surface area contributed by atoms with Gasteiger partial charge in [-0.15, -0.1) is 0 Å². The first kappa shape index (κ1) is 23.8. The predicted octanol–water partition coefficient (Wildman–Crippen LogP) is 3.77. The molecule has 1 aliphatic rings. The maximum atomic E-state index is 13.0. The monoisotopic (exact) mass is 468 g/mol. The second kappa shape index (κ2) is 10.7. The number of hydrogen-bond donors (Lipinski definition) is 2. The largest absolute Gasteiger partial charge is 0.405 e. The number of fused-ring (bicyclic) bond motifs is 1. The molecule has 0 spiro atoms. The number of halogens is 3. The minimum absolute atomic E-state index is 0.224. The fraction of sp³-hybridized carbons (Fsp3) is 0.429. The number of thioether (sulfide) groups is 1. The Bertz CT molecular complexity index is 1080. The Morgan fingerprint density at radius 3 is 2.69 bits per heavy atom. The lowest BCUT2D eigenvalue weighted by molar-refractivity contribution is -0.124. The van der Waals surface area contributed by atoms with Crippen molar-refractivity contribution in [3.63, 3.8) is 0 Å². The highest BCUT2D eigenvalue weighted by Crippen LogP contribution is 2.23. The summed E-state index contributed by atoms with van der Waals surface area (Å²) in [5.74, 6) is -1.08. The van der Waals surface area contributed by atoms with Gasteiger partial charge in [0.25, 0.3) is 5.56 Å². The molecule has 0 bridgehead atoms. The molecule has 3 amide bonds. The number of allylic oxidation sites excluding steroid dienone is 2. The van der Waals surface area contributed by atoms with Crippen LogP contribution < -0.4 is 16.2 Å². The van der Waals surface area contributed by atoms with Crippen LogP contribution in [0.4, 0.5) is 18.0 Å². The third-order valence-corrected chi connectivity index (χ3v) is 5.88. The Kier molecular flexibility index (Phi) is 7.94. The van der Waals surface area contributed by atoms with Gasteiger partial charge in [-0.3, -0.25) is 19.5 Å². The lowest BCUT2D eigenvalue weighted by Gasteiger charge is -2.16. The number of urea groups is 1. The van der Waals surface area contributed by atoms with Gasteiger partial charge in [-0.25, -0.2) is 9.78 Å². The number of rotatable bonds is 7. The number of aromatic nitrogens is 2. The molecule has 0 fully saturated rings. The van der Waals surface area contributed by atoms with Gasteiger partial charge in [0.1, 0.15) is 6.54 Å². The maximum absolute atomic E-state index is 13.0. The van der Waals surface area contributed by atoms with Gasteiger partial charge >= 0.3 is 12.2 Å². The fourth-order valence-corrected chi connectivity index (χ4v) is 4.18. The first-order chi connectivity index (χ1) is 15.2. The number of carbonyl (C=O) groups is 2. The second-order valence-corrected chi connectivity index (χ2v) is 8.30. The van der Waals surface area contributed by atoms with Crippen LogP contribution in [0, 0.1) is 0 Å². The van der Waals surface area contributed by atoms with E-state index in [9.17, 15) is 27.6 Å². The number of nitrogens with zero attached hydrogens (tertiary/aromatic N) is 2. The number of para-hydroxylation sites is 1. The van der Waals surface area contributed by atoms with E-state index in [1.54, 1.807) is 29.6 Å². The molecule has 172 valence electrons. The molecule has 1 aromatic heterocycles. The van der Waals surface area contributed by atoms with E-state index in [4.69, 9.17) is 0 Å². The Hall–Kier alpha value is -2.82. The molecule has 0 aliphatic heterocycles. The zero-order valence-corrected chi connectivity index (χ0v) is 18.0. The van der Waals surface area contributed by atoms with E-state index in [0.29, 0.717) is 29.0 Å². The third kappa shape index (κ3) is 6.84. The molecule has 11 heteroatoms. The predicted molar refractivity (Wildman–Crippen MR) is 115 cm³/mol. The van der Waals surface area contributed by atoms with Crippen molar-refractivity contribution >= 4 is 34.6 Å². The number of benzene rings is 1. The van der Waals surface area contributed by atoms with Gasteiger partial charge in [-0.1, -0.05) is 35.5 Å². The second-order valence-electron chi connectivity index (χ2n) is 7.36. The number of imide groups is 1. The van der Waals surface area contributed by atoms with Gasteiger partial charge in [0.05, 0.1) is 16.7 Å². The lowest BCUT2D eigenvalue weighted by atomic mass is 9.97. The van der Waals surface area contributed by atoms with Crippen molar-refractivity contribution in [2.24, 2.45) is 0 Å². The highest BCUT2D eigenvalue weighted by atomic mass is 32.2. The van der Waals surface area contributed by atoms with Crippen molar-refractivity contribution in [3.05, 3.63) is 46.3 Å². The number of hydrogen-bond acceptors (Lipinski definition) is 5. The van der Waals surface area contributed by atoms with Crippen LogP contribution in [0.1, 0.15) is 32.1 Å². The topological polar surface area (TPSA) is 93.1 Å². The molecule has 7 nitrogen and oxygen atoms in total. The summed E-state index contributed by atoms with van der Waals surface area (Å²) in [5.41, 5.74) is 1.54. The number of nitrogens with one attached hydrogen (secondary N) is 2. The van der Waals surface area contributed by atoms with Gasteiger partial charge in [-0.2, -0.15) is 13.2 Å². The molecule has 1 aromatic carbocycles. The van der Waals surface area contributed by atoms with Crippen molar-refractivity contribution in [1.29, 1.82) is 0 Å². The zero-order chi connectivity index (χ0) is 23.1. The standard InChI is InChI=1S/C21H23F3N4O3S/c22-21(23,24)13-25-19(31)27-17(29)12-32-20-26-16-9-5-4-8-15(16)18(30)28(20)11-10-14-6-2-1-3-7-14/h4-6,8-9H,1-3,7,10-13H2,(H2,25,27,29,31). The van der Waals surface area contributed by atoms with Gasteiger partial charge < -0.3 is 5.32 Å². The van der Waals surface area contributed by atoms with E-state index in [0.717, 1.165) is 37.4 Å². The minimum Gasteiger partial charge on any atom is -0.329 e. The summed E-state index contributed by atoms with van der Waals surface area (Å²) in [6.07, 6.45) is 2.62. The Morgan fingerprint density at radius 2 is 1.97 bits per heavy atom. The normalized spacial score (nSPS) is 14.2. The molecule has 32 heavy (non-hydrogen) atoms. The maximum Gasteiger partial charge on any atom is 0.405 e. The first-order valence-electron chi connectivity index (χ1n) is 10.2. The number of alkyl halides is 3. The van der Waals surface area contributed by atoms with Crippen molar-refractivity contribution in [1.82, 2.24) is 20.2 Å². The van der Waals surface area contributed by atoms with Crippen LogP contribution >= 0.6 is 11.8 Å². The zero-order valence-electron chi connectivity index (χ0n) is 17.2. The van der Waals surface area contributed by atoms with Gasteiger partial charge in [0.2, 0.25) is 5.91 Å². The molecule has 3 rings (SSSR count). The van der Waals surface area contributed by atoms with Crippen molar-refractivity contribution < 1.29 is 22.8 Å². The quantitative estimate of drug-likeness (QED) is 0.367. The van der Waals surface area contributed by atoms with Crippen LogP contribution in [0.2, 0.25) is 0 Å². The van der Waals surface area contributed by atoms with E-state index in [-0.39, 0.29) is 11.3 Å². The van der Waals surface area contributed by atoms with Crippen LogP contribution in [-0.2, 0) is 11.3 Å². The third-order valence-electron chi connectivity index (χ3n) is 4.90. The Labute approximate surface area is 186 Å². The van der Waals surface area contributed by atoms with E-state index in [1.807, 2.05) is 5.32 Å². The fourth-order valence-electron chi connectivity index (χ4n) is 3.36. The van der Waals surface area contributed by atoms with Crippen LogP contribution in [-0.4, -0.2) is 40.0 Å². The molecule has 0 unspecified atom stereocenters. The van der Waals surface area contributed by atoms with E-state index >= 15 is 0 Å². The molecule has 0 atom stereocenters. The highest BCUT2D eigenvalue weighted by molar-refractivity contribution is 7.99. The molecular weight excluding hydrogens is 445 g/mol. The molecule has 0 saturated carbocycles. The Morgan fingerprint density at radius 1 is 1.19 bits per heavy atom. The number of carbonyl (C=O) groups excluding carboxylic acids is 2. The molecule has 0 saturated heterocycles. The lowest BCUT2D eigenvalue weighted by Crippen LogP contribution is -2.44. The van der Waals surface area contributed by atoms with E-state index in [1.165, 1.54) is 10.1 Å². The van der Waals surface area contributed by atoms with Gasteiger partial charge in [-0.05, 0) is 44.2 Å². The molecule has 1 heterocycles. The highest BCUT2D eigenvalue weighted by Gasteiger charge is 2.28. The summed E-state index contributed by atoms with van der Waals surface area (Å²) >= 11 is 0.955. The molecule has 2 N–H and O–H groups in total. The van der Waals surface area contributed by atoms with E-state index < -0.39 is 24.7 Å². The average Bonchev–Trinajstić information content (AvgIpc) is 2.76. The van der Waals surface area contributed by atoms with Crippen LogP contribution in [0.5, 0.6) is 0 Å². The molecule has 1 aliphatic carbocycles. The van der Waals surface area contributed by atoms with Crippen molar-refractivity contribution in [2.75, 3.05) is 12.3 Å². The van der Waals surface area contributed by atoms with Crippen LogP contribution in [0.15, 0.2) is 45.9 Å². The molecule has 2 aromatic rings. The van der Waals surface area contributed by atoms with Crippen LogP contribution in [0.25, 0.3) is 10.9 Å².